The summed E-state index contributed by atoms with van der Waals surface area (Å²) in [5.74, 6) is 1.12. The highest BCUT2D eigenvalue weighted by Crippen LogP contribution is 2.19. The van der Waals surface area contributed by atoms with Gasteiger partial charge in [0.05, 0.1) is 17.9 Å². The zero-order chi connectivity index (χ0) is 24.5. The summed E-state index contributed by atoms with van der Waals surface area (Å²) in [7, 11) is 0. The van der Waals surface area contributed by atoms with Crippen LogP contribution >= 0.6 is 0 Å². The van der Waals surface area contributed by atoms with Gasteiger partial charge in [0.1, 0.15) is 11.5 Å². The van der Waals surface area contributed by atoms with E-state index in [0.717, 1.165) is 70.3 Å². The molecule has 2 saturated heterocycles. The highest BCUT2D eigenvalue weighted by Gasteiger charge is 2.27. The minimum absolute atomic E-state index is 0.110. The molecule has 0 aliphatic carbocycles. The molecule has 0 spiro atoms. The van der Waals surface area contributed by atoms with Gasteiger partial charge in [-0.1, -0.05) is 26.0 Å². The largest absolute Gasteiger partial charge is 0.430 e. The Morgan fingerprint density at radius 1 is 1.11 bits per heavy atom. The number of nitrogens with one attached hydrogen (secondary N) is 3. The summed E-state index contributed by atoms with van der Waals surface area (Å²) >= 11 is 0. The fourth-order valence-corrected chi connectivity index (χ4v) is 4.43. The highest BCUT2D eigenvalue weighted by atomic mass is 16.4. The molecule has 35 heavy (non-hydrogen) atoms. The van der Waals surface area contributed by atoms with E-state index < -0.39 is 0 Å². The van der Waals surface area contributed by atoms with Crippen molar-refractivity contribution in [1.82, 2.24) is 30.7 Å². The Hall–Kier alpha value is -3.08. The van der Waals surface area contributed by atoms with Gasteiger partial charge in [0, 0.05) is 77.6 Å². The Labute approximate surface area is 207 Å². The predicted molar refractivity (Wildman–Crippen MR) is 138 cm³/mol. The molecule has 1 amide bonds. The van der Waals surface area contributed by atoms with Crippen molar-refractivity contribution < 1.29 is 9.21 Å². The number of amides is 1. The summed E-state index contributed by atoms with van der Waals surface area (Å²) in [6.45, 7) is 11.4. The maximum atomic E-state index is 13.0. The van der Waals surface area contributed by atoms with Crippen molar-refractivity contribution in [3.05, 3.63) is 53.8 Å². The molecule has 188 valence electrons. The van der Waals surface area contributed by atoms with Gasteiger partial charge in [-0.05, 0) is 6.08 Å². The monoisotopic (exact) mass is 480 g/mol. The lowest BCUT2D eigenvalue weighted by atomic mass is 10.1. The van der Waals surface area contributed by atoms with Crippen molar-refractivity contribution in [1.29, 1.82) is 0 Å². The molecule has 1 aromatic rings. The molecular weight excluding hydrogens is 444 g/mol. The Morgan fingerprint density at radius 3 is 2.63 bits per heavy atom. The third kappa shape index (κ3) is 6.33. The second-order valence-electron chi connectivity index (χ2n) is 8.39. The summed E-state index contributed by atoms with van der Waals surface area (Å²) in [6.07, 6.45) is 12.5. The molecule has 1 atom stereocenters. The number of aliphatic imine (C=N–C) groups is 2. The number of allylic oxidation sites excluding steroid dienone is 3. The molecule has 1 unspecified atom stereocenters. The van der Waals surface area contributed by atoms with Crippen LogP contribution in [-0.4, -0.2) is 91.0 Å². The van der Waals surface area contributed by atoms with Crippen molar-refractivity contribution in [2.75, 3.05) is 52.4 Å². The average molecular weight is 481 g/mol. The predicted octanol–water partition coefficient (Wildman–Crippen LogP) is 1.52. The molecule has 4 aliphatic heterocycles. The maximum Gasteiger partial charge on any atom is 0.292 e. The second-order valence-corrected chi connectivity index (χ2v) is 8.39. The topological polar surface area (TPSA) is 110 Å². The molecule has 0 bridgehead atoms. The molecule has 5 rings (SSSR count). The van der Waals surface area contributed by atoms with Crippen LogP contribution in [0.15, 0.2) is 56.5 Å². The lowest BCUT2D eigenvalue weighted by Gasteiger charge is -2.36. The number of aromatic nitrogens is 1. The molecule has 1 aromatic heterocycles. The number of carbonyl (C=O) groups is 1. The van der Waals surface area contributed by atoms with Crippen LogP contribution in [0.3, 0.4) is 0 Å². The van der Waals surface area contributed by atoms with E-state index in [1.165, 1.54) is 6.20 Å². The average Bonchev–Trinajstić information content (AvgIpc) is 3.30. The molecule has 10 heteroatoms. The molecule has 0 saturated carbocycles. The Morgan fingerprint density at radius 2 is 1.86 bits per heavy atom. The molecule has 3 N–H and O–H groups in total. The fraction of sp³-hybridized carbons (Fsp3) is 0.520. The van der Waals surface area contributed by atoms with Gasteiger partial charge in [0.25, 0.3) is 5.91 Å². The first-order valence-corrected chi connectivity index (χ1v) is 12.6. The standard InChI is InChI=1S/C23H30N8O2.C2H6/c32-22(29-18-15-26-6-5-19(18)30-11-7-24-8-12-30)20-16-27-23(33-20)17-3-1-2-4-21(28-17)31-13-9-25-10-14-31;1-2/h1-2,4,6,15-16,19,24-25H,3,5,7-14H2,(H,29,32);1-2H3. The summed E-state index contributed by atoms with van der Waals surface area (Å²) in [5.41, 5.74) is 1.51. The number of piperazine rings is 2. The Kier molecular flexibility index (Phi) is 8.99. The van der Waals surface area contributed by atoms with Crippen LogP contribution in [0.1, 0.15) is 43.1 Å². The molecule has 0 aromatic carbocycles. The molecule has 2 fully saturated rings. The van der Waals surface area contributed by atoms with Gasteiger partial charge in [0.15, 0.2) is 0 Å². The van der Waals surface area contributed by atoms with E-state index >= 15 is 0 Å². The molecule has 5 heterocycles. The Balaban J connectivity index is 0.00000141. The van der Waals surface area contributed by atoms with E-state index in [9.17, 15) is 4.79 Å². The van der Waals surface area contributed by atoms with Crippen LogP contribution in [0, 0.1) is 0 Å². The summed E-state index contributed by atoms with van der Waals surface area (Å²) < 4.78 is 5.86. The minimum atomic E-state index is -0.320. The number of hydrogen-bond acceptors (Lipinski definition) is 9. The number of nitrogens with zero attached hydrogens (tertiary/aromatic N) is 5. The van der Waals surface area contributed by atoms with E-state index in [0.29, 0.717) is 18.0 Å². The van der Waals surface area contributed by atoms with Gasteiger partial charge < -0.3 is 25.3 Å². The summed E-state index contributed by atoms with van der Waals surface area (Å²) in [6, 6.07) is 0.110. The number of oxazole rings is 1. The first-order valence-electron chi connectivity index (χ1n) is 12.6. The zero-order valence-corrected chi connectivity index (χ0v) is 20.7. The minimum Gasteiger partial charge on any atom is -0.430 e. The van der Waals surface area contributed by atoms with Gasteiger partial charge in [-0.2, -0.15) is 0 Å². The third-order valence-electron chi connectivity index (χ3n) is 6.22. The van der Waals surface area contributed by atoms with Crippen LogP contribution in [0.4, 0.5) is 0 Å². The van der Waals surface area contributed by atoms with Crippen molar-refractivity contribution in [2.45, 2.75) is 32.7 Å². The first-order chi connectivity index (χ1) is 17.3. The first kappa shape index (κ1) is 25.0. The number of carbonyl (C=O) groups excluding carboxylic acids is 1. The van der Waals surface area contributed by atoms with E-state index in [4.69, 9.17) is 9.41 Å². The molecule has 10 nitrogen and oxygen atoms in total. The van der Waals surface area contributed by atoms with Crippen molar-refractivity contribution in [3.8, 4) is 0 Å². The second kappa shape index (κ2) is 12.6. The lowest BCUT2D eigenvalue weighted by Crippen LogP contribution is -2.51. The quantitative estimate of drug-likeness (QED) is 0.586. The van der Waals surface area contributed by atoms with E-state index in [1.807, 2.05) is 38.3 Å². The SMILES string of the molecule is CC.O=C(NC1=CN=CCC1N1CCNCC1)c1cnc(C2=NC(N3CCNCC3)=CC=CC2)o1. The molecule has 0 radical (unpaired) electrons. The smallest absolute Gasteiger partial charge is 0.292 e. The third-order valence-corrected chi connectivity index (χ3v) is 6.22. The van der Waals surface area contributed by atoms with Crippen LogP contribution in [0.5, 0.6) is 0 Å². The normalized spacial score (nSPS) is 22.9. The summed E-state index contributed by atoms with van der Waals surface area (Å²) in [4.78, 5) is 31.0. The lowest BCUT2D eigenvalue weighted by molar-refractivity contribution is 0.0925. The highest BCUT2D eigenvalue weighted by molar-refractivity contribution is 6.00. The number of rotatable bonds is 5. The van der Waals surface area contributed by atoms with E-state index in [-0.39, 0.29) is 17.7 Å². The fourth-order valence-electron chi connectivity index (χ4n) is 4.43. The zero-order valence-electron chi connectivity index (χ0n) is 20.7. The van der Waals surface area contributed by atoms with Gasteiger partial charge in [0.2, 0.25) is 11.7 Å². The molecular formula is C25H36N8O2. The Bertz CT molecular complexity index is 1010. The van der Waals surface area contributed by atoms with Crippen LogP contribution in [0.2, 0.25) is 0 Å². The van der Waals surface area contributed by atoms with Crippen LogP contribution < -0.4 is 16.0 Å². The van der Waals surface area contributed by atoms with E-state index in [2.05, 4.69) is 35.7 Å². The van der Waals surface area contributed by atoms with Crippen molar-refractivity contribution >= 4 is 17.8 Å². The van der Waals surface area contributed by atoms with E-state index in [1.54, 1.807) is 6.20 Å². The van der Waals surface area contributed by atoms with Crippen molar-refractivity contribution in [3.63, 3.8) is 0 Å². The van der Waals surface area contributed by atoms with Gasteiger partial charge in [-0.3, -0.25) is 14.7 Å². The van der Waals surface area contributed by atoms with Crippen molar-refractivity contribution in [2.24, 2.45) is 9.98 Å². The number of hydrogen-bond donors (Lipinski definition) is 3. The van der Waals surface area contributed by atoms with Gasteiger partial charge >= 0.3 is 0 Å². The van der Waals surface area contributed by atoms with Crippen LogP contribution in [-0.2, 0) is 0 Å². The van der Waals surface area contributed by atoms with Gasteiger partial charge in [-0.15, -0.1) is 0 Å². The van der Waals surface area contributed by atoms with Gasteiger partial charge in [-0.25, -0.2) is 9.98 Å². The summed E-state index contributed by atoms with van der Waals surface area (Å²) in [5, 5.41) is 9.73. The maximum absolute atomic E-state index is 13.0. The molecule has 4 aliphatic rings. The van der Waals surface area contributed by atoms with Crippen LogP contribution in [0.25, 0.3) is 0 Å².